The van der Waals surface area contributed by atoms with Crippen molar-refractivity contribution in [1.82, 2.24) is 5.32 Å². The number of halogens is 1. The van der Waals surface area contributed by atoms with Gasteiger partial charge in [-0.05, 0) is 30.5 Å². The van der Waals surface area contributed by atoms with Crippen LogP contribution < -0.4 is 10.2 Å². The van der Waals surface area contributed by atoms with E-state index in [0.717, 1.165) is 31.2 Å². The van der Waals surface area contributed by atoms with E-state index in [4.69, 9.17) is 11.6 Å². The molecule has 1 aromatic carbocycles. The second-order valence-electron chi connectivity index (χ2n) is 4.74. The van der Waals surface area contributed by atoms with E-state index in [2.05, 4.69) is 16.3 Å². The molecule has 1 aromatic rings. The minimum absolute atomic E-state index is 0.545. The Morgan fingerprint density at radius 3 is 3.12 bits per heavy atom. The van der Waals surface area contributed by atoms with E-state index in [-0.39, 0.29) is 0 Å². The van der Waals surface area contributed by atoms with Crippen LogP contribution in [0.15, 0.2) is 18.2 Å². The molecule has 0 aliphatic carbocycles. The molecule has 3 nitrogen and oxygen atoms in total. The van der Waals surface area contributed by atoms with Gasteiger partial charge in [-0.15, -0.1) is 0 Å². The lowest BCUT2D eigenvalue weighted by Crippen LogP contribution is -2.34. The standard InChI is InChI=1S/C13H14ClN3/c14-11-1-2-12(10(5-11)6-15)17-4-3-9-7-16-8-13(9)17/h1-2,5,9,13,16H,3-4,7-8H2/t9-,13+/m0/s1. The highest BCUT2D eigenvalue weighted by Crippen LogP contribution is 2.34. The maximum absolute atomic E-state index is 9.19. The first-order chi connectivity index (χ1) is 8.29. The zero-order valence-electron chi connectivity index (χ0n) is 9.49. The molecule has 4 heteroatoms. The average Bonchev–Trinajstić information content (AvgIpc) is 2.91. The average molecular weight is 248 g/mol. The summed E-state index contributed by atoms with van der Waals surface area (Å²) >= 11 is 5.93. The summed E-state index contributed by atoms with van der Waals surface area (Å²) in [6.45, 7) is 3.18. The summed E-state index contributed by atoms with van der Waals surface area (Å²) in [4.78, 5) is 2.36. The molecule has 0 spiro atoms. The van der Waals surface area contributed by atoms with E-state index >= 15 is 0 Å². The zero-order chi connectivity index (χ0) is 11.8. The number of hydrogen-bond donors (Lipinski definition) is 1. The summed E-state index contributed by atoms with van der Waals surface area (Å²) in [5.41, 5.74) is 1.72. The second-order valence-corrected chi connectivity index (χ2v) is 5.18. The molecule has 0 amide bonds. The van der Waals surface area contributed by atoms with Gasteiger partial charge < -0.3 is 10.2 Å². The third-order valence-corrected chi connectivity index (χ3v) is 4.07. The van der Waals surface area contributed by atoms with Crippen LogP contribution in [0.2, 0.25) is 5.02 Å². The van der Waals surface area contributed by atoms with Crippen LogP contribution >= 0.6 is 11.6 Å². The first kappa shape index (κ1) is 10.9. The minimum Gasteiger partial charge on any atom is -0.366 e. The van der Waals surface area contributed by atoms with Crippen LogP contribution in [0.4, 0.5) is 5.69 Å². The van der Waals surface area contributed by atoms with Crippen LogP contribution in [-0.2, 0) is 0 Å². The van der Waals surface area contributed by atoms with E-state index < -0.39 is 0 Å². The molecule has 2 aliphatic heterocycles. The maximum atomic E-state index is 9.19. The third-order valence-electron chi connectivity index (χ3n) is 3.83. The van der Waals surface area contributed by atoms with Gasteiger partial charge in [-0.3, -0.25) is 0 Å². The number of nitriles is 1. The molecule has 17 heavy (non-hydrogen) atoms. The highest BCUT2D eigenvalue weighted by molar-refractivity contribution is 6.30. The molecule has 3 rings (SSSR count). The number of anilines is 1. The van der Waals surface area contributed by atoms with Gasteiger partial charge in [-0.25, -0.2) is 0 Å². The monoisotopic (exact) mass is 247 g/mol. The predicted octanol–water partition coefficient (Wildman–Crippen LogP) is 2.01. The van der Waals surface area contributed by atoms with Crippen molar-refractivity contribution in [1.29, 1.82) is 5.26 Å². The van der Waals surface area contributed by atoms with Gasteiger partial charge in [0.25, 0.3) is 0 Å². The molecule has 2 saturated heterocycles. The summed E-state index contributed by atoms with van der Waals surface area (Å²) in [7, 11) is 0. The van der Waals surface area contributed by atoms with E-state index in [1.165, 1.54) is 6.42 Å². The summed E-state index contributed by atoms with van der Waals surface area (Å²) in [6.07, 6.45) is 1.21. The quantitative estimate of drug-likeness (QED) is 0.825. The molecular weight excluding hydrogens is 234 g/mol. The van der Waals surface area contributed by atoms with Crippen molar-refractivity contribution in [2.75, 3.05) is 24.5 Å². The SMILES string of the molecule is N#Cc1cc(Cl)ccc1N1CC[C@H]2CNC[C@H]21. The maximum Gasteiger partial charge on any atom is 0.101 e. The van der Waals surface area contributed by atoms with Crippen LogP contribution in [0.25, 0.3) is 0 Å². The van der Waals surface area contributed by atoms with Crippen molar-refractivity contribution < 1.29 is 0 Å². The van der Waals surface area contributed by atoms with Gasteiger partial charge in [0.05, 0.1) is 11.3 Å². The van der Waals surface area contributed by atoms with Crippen LogP contribution in [0.5, 0.6) is 0 Å². The van der Waals surface area contributed by atoms with Crippen molar-refractivity contribution in [3.05, 3.63) is 28.8 Å². The lowest BCUT2D eigenvalue weighted by molar-refractivity contribution is 0.578. The van der Waals surface area contributed by atoms with Gasteiger partial charge in [0.2, 0.25) is 0 Å². The fraction of sp³-hybridized carbons (Fsp3) is 0.462. The van der Waals surface area contributed by atoms with Crippen molar-refractivity contribution in [3.63, 3.8) is 0 Å². The fourth-order valence-electron chi connectivity index (χ4n) is 3.00. The molecule has 1 N–H and O–H groups in total. The highest BCUT2D eigenvalue weighted by atomic mass is 35.5. The predicted molar refractivity (Wildman–Crippen MR) is 68.3 cm³/mol. The van der Waals surface area contributed by atoms with Gasteiger partial charge in [0.1, 0.15) is 6.07 Å². The molecule has 2 heterocycles. The molecule has 2 atom stereocenters. The number of nitrogens with zero attached hydrogens (tertiary/aromatic N) is 2. The van der Waals surface area contributed by atoms with Crippen molar-refractivity contribution in [2.45, 2.75) is 12.5 Å². The van der Waals surface area contributed by atoms with Crippen LogP contribution in [-0.4, -0.2) is 25.7 Å². The smallest absolute Gasteiger partial charge is 0.101 e. The number of nitrogens with one attached hydrogen (secondary N) is 1. The molecular formula is C13H14ClN3. The molecule has 2 fully saturated rings. The molecule has 0 bridgehead atoms. The molecule has 88 valence electrons. The first-order valence-electron chi connectivity index (χ1n) is 5.96. The van der Waals surface area contributed by atoms with E-state index in [1.54, 1.807) is 6.07 Å². The summed E-state index contributed by atoms with van der Waals surface area (Å²) in [6, 6.07) is 8.39. The highest BCUT2D eigenvalue weighted by Gasteiger charge is 2.38. The Labute approximate surface area is 106 Å². The van der Waals surface area contributed by atoms with E-state index in [9.17, 15) is 5.26 Å². The Morgan fingerprint density at radius 2 is 2.29 bits per heavy atom. The molecule has 0 aromatic heterocycles. The Hall–Kier alpha value is -1.24. The van der Waals surface area contributed by atoms with Gasteiger partial charge in [-0.2, -0.15) is 5.26 Å². The van der Waals surface area contributed by atoms with Gasteiger partial charge in [0.15, 0.2) is 0 Å². The molecule has 0 unspecified atom stereocenters. The fourth-order valence-corrected chi connectivity index (χ4v) is 3.17. The van der Waals surface area contributed by atoms with Gasteiger partial charge in [-0.1, -0.05) is 11.6 Å². The largest absolute Gasteiger partial charge is 0.366 e. The van der Waals surface area contributed by atoms with Gasteiger partial charge >= 0.3 is 0 Å². The zero-order valence-corrected chi connectivity index (χ0v) is 10.2. The van der Waals surface area contributed by atoms with Crippen LogP contribution in [0.3, 0.4) is 0 Å². The van der Waals surface area contributed by atoms with Gasteiger partial charge in [0, 0.05) is 30.7 Å². The number of hydrogen-bond acceptors (Lipinski definition) is 3. The Kier molecular flexibility index (Phi) is 2.70. The molecule has 0 saturated carbocycles. The topological polar surface area (TPSA) is 39.1 Å². The Balaban J connectivity index is 1.97. The molecule has 2 aliphatic rings. The van der Waals surface area contributed by atoms with E-state index in [0.29, 0.717) is 16.6 Å². The normalized spacial score (nSPS) is 26.9. The lowest BCUT2D eigenvalue weighted by atomic mass is 10.0. The molecule has 0 radical (unpaired) electrons. The Morgan fingerprint density at radius 1 is 1.41 bits per heavy atom. The minimum atomic E-state index is 0.545. The number of fused-ring (bicyclic) bond motifs is 1. The Bertz CT molecular complexity index is 480. The number of benzene rings is 1. The summed E-state index contributed by atoms with van der Waals surface area (Å²) in [5.74, 6) is 0.734. The van der Waals surface area contributed by atoms with Crippen LogP contribution in [0.1, 0.15) is 12.0 Å². The van der Waals surface area contributed by atoms with Crippen LogP contribution in [0, 0.1) is 17.2 Å². The second kappa shape index (κ2) is 4.21. The van der Waals surface area contributed by atoms with Crippen molar-refractivity contribution >= 4 is 17.3 Å². The van der Waals surface area contributed by atoms with Crippen molar-refractivity contribution in [2.24, 2.45) is 5.92 Å². The number of rotatable bonds is 1. The van der Waals surface area contributed by atoms with Crippen molar-refractivity contribution in [3.8, 4) is 6.07 Å². The summed E-state index contributed by atoms with van der Waals surface area (Å²) < 4.78 is 0. The first-order valence-corrected chi connectivity index (χ1v) is 6.34. The third kappa shape index (κ3) is 1.78. The summed E-state index contributed by atoms with van der Waals surface area (Å²) in [5, 5.41) is 13.2. The van der Waals surface area contributed by atoms with E-state index in [1.807, 2.05) is 12.1 Å². The lowest BCUT2D eigenvalue weighted by Gasteiger charge is -2.26.